The van der Waals surface area contributed by atoms with Gasteiger partial charge in [-0.15, -0.1) is 0 Å². The van der Waals surface area contributed by atoms with Gasteiger partial charge in [-0.3, -0.25) is 0 Å². The number of hydrogen-bond donors (Lipinski definition) is 1. The fraction of sp³-hybridized carbons (Fsp3) is 0.875. The normalized spacial score (nSPS) is 40.7. The highest BCUT2D eigenvalue weighted by molar-refractivity contribution is 4.94. The van der Waals surface area contributed by atoms with Crippen molar-refractivity contribution in [2.45, 2.75) is 32.2 Å². The van der Waals surface area contributed by atoms with E-state index in [4.69, 9.17) is 11.0 Å². The van der Waals surface area contributed by atoms with Gasteiger partial charge in [0.15, 0.2) is 0 Å². The molecule has 0 amide bonds. The number of nitrogens with two attached hydrogens (primary N) is 1. The van der Waals surface area contributed by atoms with Gasteiger partial charge in [-0.1, -0.05) is 6.92 Å². The Morgan fingerprint density at radius 2 is 2.20 bits per heavy atom. The smallest absolute Gasteiger partial charge is 0.0672 e. The Balaban J connectivity index is 2.47. The number of hydrogen-bond acceptors (Lipinski definition) is 2. The van der Waals surface area contributed by atoms with E-state index in [9.17, 15) is 0 Å². The Morgan fingerprint density at radius 1 is 1.50 bits per heavy atom. The standard InChI is InChI=1S/C8H14N2/c1-6-2-3-8(10)7(4-6)5-9/h6-8H,2-4,10H2,1H3/t6?,7-,8?/m1/s1. The number of rotatable bonds is 0. The van der Waals surface area contributed by atoms with Gasteiger partial charge in [0.1, 0.15) is 0 Å². The largest absolute Gasteiger partial charge is 0.327 e. The Morgan fingerprint density at radius 3 is 2.70 bits per heavy atom. The third kappa shape index (κ3) is 1.48. The molecule has 56 valence electrons. The highest BCUT2D eigenvalue weighted by Crippen LogP contribution is 2.26. The average Bonchev–Trinajstić information content (AvgIpc) is 1.94. The van der Waals surface area contributed by atoms with Crippen LogP contribution in [0.15, 0.2) is 0 Å². The zero-order valence-corrected chi connectivity index (χ0v) is 6.38. The van der Waals surface area contributed by atoms with E-state index in [1.807, 2.05) is 0 Å². The lowest BCUT2D eigenvalue weighted by atomic mass is 9.80. The predicted octanol–water partition coefficient (Wildman–Crippen LogP) is 1.27. The predicted molar refractivity (Wildman–Crippen MR) is 40.1 cm³/mol. The lowest BCUT2D eigenvalue weighted by Crippen LogP contribution is -2.34. The maximum absolute atomic E-state index is 8.65. The van der Waals surface area contributed by atoms with Gasteiger partial charge in [0.2, 0.25) is 0 Å². The van der Waals surface area contributed by atoms with Crippen molar-refractivity contribution in [3.8, 4) is 6.07 Å². The zero-order valence-electron chi connectivity index (χ0n) is 6.38. The summed E-state index contributed by atoms with van der Waals surface area (Å²) < 4.78 is 0. The summed E-state index contributed by atoms with van der Waals surface area (Å²) in [4.78, 5) is 0. The Labute approximate surface area is 62.0 Å². The zero-order chi connectivity index (χ0) is 7.56. The van der Waals surface area contributed by atoms with Crippen molar-refractivity contribution in [2.24, 2.45) is 17.6 Å². The van der Waals surface area contributed by atoms with Crippen molar-refractivity contribution in [3.63, 3.8) is 0 Å². The van der Waals surface area contributed by atoms with Crippen LogP contribution in [0.5, 0.6) is 0 Å². The van der Waals surface area contributed by atoms with E-state index in [1.165, 1.54) is 6.42 Å². The van der Waals surface area contributed by atoms with Crippen LogP contribution in [0.25, 0.3) is 0 Å². The Kier molecular flexibility index (Phi) is 2.29. The average molecular weight is 138 g/mol. The molecule has 2 nitrogen and oxygen atoms in total. The molecule has 1 saturated carbocycles. The maximum atomic E-state index is 8.65. The fourth-order valence-corrected chi connectivity index (χ4v) is 1.55. The van der Waals surface area contributed by atoms with Crippen LogP contribution in [0.2, 0.25) is 0 Å². The molecule has 0 aromatic rings. The molecular formula is C8H14N2. The van der Waals surface area contributed by atoms with E-state index in [0.717, 1.165) is 12.8 Å². The minimum absolute atomic E-state index is 0.115. The molecule has 0 heterocycles. The van der Waals surface area contributed by atoms with Gasteiger partial charge in [0.05, 0.1) is 12.0 Å². The van der Waals surface area contributed by atoms with Crippen molar-refractivity contribution in [3.05, 3.63) is 0 Å². The van der Waals surface area contributed by atoms with Gasteiger partial charge in [0.25, 0.3) is 0 Å². The molecule has 1 aliphatic carbocycles. The van der Waals surface area contributed by atoms with Crippen LogP contribution < -0.4 is 5.73 Å². The van der Waals surface area contributed by atoms with Gasteiger partial charge >= 0.3 is 0 Å². The lowest BCUT2D eigenvalue weighted by Gasteiger charge is -2.27. The van der Waals surface area contributed by atoms with Gasteiger partial charge in [0, 0.05) is 6.04 Å². The molecule has 0 aromatic heterocycles. The third-order valence-electron chi connectivity index (χ3n) is 2.33. The van der Waals surface area contributed by atoms with Crippen molar-refractivity contribution in [1.29, 1.82) is 5.26 Å². The highest BCUT2D eigenvalue weighted by atomic mass is 14.7. The van der Waals surface area contributed by atoms with Crippen LogP contribution in [0.3, 0.4) is 0 Å². The topological polar surface area (TPSA) is 49.8 Å². The van der Waals surface area contributed by atoms with Crippen LogP contribution >= 0.6 is 0 Å². The van der Waals surface area contributed by atoms with E-state index < -0.39 is 0 Å². The maximum Gasteiger partial charge on any atom is 0.0672 e. The first kappa shape index (κ1) is 7.56. The van der Waals surface area contributed by atoms with E-state index in [0.29, 0.717) is 5.92 Å². The van der Waals surface area contributed by atoms with Crippen molar-refractivity contribution >= 4 is 0 Å². The lowest BCUT2D eigenvalue weighted by molar-refractivity contribution is 0.292. The van der Waals surface area contributed by atoms with Crippen LogP contribution in [-0.4, -0.2) is 6.04 Å². The molecule has 2 N–H and O–H groups in total. The monoisotopic (exact) mass is 138 g/mol. The summed E-state index contributed by atoms with van der Waals surface area (Å²) in [5.74, 6) is 0.813. The molecule has 0 aliphatic heterocycles. The SMILES string of the molecule is CC1CCC(N)[C@@H](C#N)C1. The van der Waals surface area contributed by atoms with E-state index in [1.54, 1.807) is 0 Å². The molecule has 0 aromatic carbocycles. The Hall–Kier alpha value is -0.550. The van der Waals surface area contributed by atoms with Crippen LogP contribution in [-0.2, 0) is 0 Å². The third-order valence-corrected chi connectivity index (χ3v) is 2.33. The summed E-state index contributed by atoms with van der Waals surface area (Å²) in [6, 6.07) is 2.40. The summed E-state index contributed by atoms with van der Waals surface area (Å²) in [5.41, 5.74) is 5.73. The molecule has 10 heavy (non-hydrogen) atoms. The van der Waals surface area contributed by atoms with Crippen LogP contribution in [0.4, 0.5) is 0 Å². The van der Waals surface area contributed by atoms with Gasteiger partial charge in [-0.05, 0) is 25.2 Å². The molecular weight excluding hydrogens is 124 g/mol. The van der Waals surface area contributed by atoms with E-state index in [-0.39, 0.29) is 12.0 Å². The molecule has 1 rings (SSSR count). The second kappa shape index (κ2) is 3.03. The molecule has 1 fully saturated rings. The summed E-state index contributed by atoms with van der Waals surface area (Å²) >= 11 is 0. The number of nitrogens with zero attached hydrogens (tertiary/aromatic N) is 1. The summed E-state index contributed by atoms with van der Waals surface area (Å²) in [6.45, 7) is 2.19. The van der Waals surface area contributed by atoms with Crippen LogP contribution in [0.1, 0.15) is 26.2 Å². The molecule has 0 saturated heterocycles. The van der Waals surface area contributed by atoms with Gasteiger partial charge < -0.3 is 5.73 Å². The second-order valence-electron chi connectivity index (χ2n) is 3.32. The number of nitriles is 1. The molecule has 0 spiro atoms. The molecule has 3 atom stereocenters. The minimum atomic E-state index is 0.115. The van der Waals surface area contributed by atoms with E-state index in [2.05, 4.69) is 13.0 Å². The van der Waals surface area contributed by atoms with Gasteiger partial charge in [-0.25, -0.2) is 0 Å². The summed E-state index contributed by atoms with van der Waals surface area (Å²) in [7, 11) is 0. The first-order valence-corrected chi connectivity index (χ1v) is 3.89. The first-order valence-electron chi connectivity index (χ1n) is 3.89. The molecule has 2 unspecified atom stereocenters. The van der Waals surface area contributed by atoms with Crippen molar-refractivity contribution in [1.82, 2.24) is 0 Å². The van der Waals surface area contributed by atoms with Crippen molar-refractivity contribution in [2.75, 3.05) is 0 Å². The second-order valence-corrected chi connectivity index (χ2v) is 3.32. The van der Waals surface area contributed by atoms with Gasteiger partial charge in [-0.2, -0.15) is 5.26 Å². The molecule has 1 aliphatic rings. The summed E-state index contributed by atoms with van der Waals surface area (Å²) in [5, 5.41) is 8.65. The quantitative estimate of drug-likeness (QED) is 0.548. The molecule has 0 radical (unpaired) electrons. The highest BCUT2D eigenvalue weighted by Gasteiger charge is 2.25. The van der Waals surface area contributed by atoms with Crippen LogP contribution in [0, 0.1) is 23.2 Å². The first-order chi connectivity index (χ1) is 4.74. The summed E-state index contributed by atoms with van der Waals surface area (Å²) in [6.07, 6.45) is 3.22. The van der Waals surface area contributed by atoms with Crippen molar-refractivity contribution < 1.29 is 0 Å². The molecule has 2 heteroatoms. The Bertz CT molecular complexity index is 148. The molecule has 0 bridgehead atoms. The fourth-order valence-electron chi connectivity index (χ4n) is 1.55. The van der Waals surface area contributed by atoms with E-state index >= 15 is 0 Å². The minimum Gasteiger partial charge on any atom is -0.327 e.